The molecule has 8 rings (SSSR count). The SMILES string of the molecule is CC(C)OC(=O)c1ccccc1N1C(=O)[C@@H]2[C@H](C1=O)[C@@]1(c3ccc(Cl)cc3)C(=O)[C@@]2(c2ccc(Cl)cc2)C(c2ccccc2)=C1c1ccccc1. The first-order chi connectivity index (χ1) is 24.6. The molecule has 1 saturated carbocycles. The summed E-state index contributed by atoms with van der Waals surface area (Å²) in [7, 11) is 0. The Kier molecular flexibility index (Phi) is 7.86. The van der Waals surface area contributed by atoms with Crippen molar-refractivity contribution in [3.8, 4) is 0 Å². The quantitative estimate of drug-likeness (QED) is 0.125. The van der Waals surface area contributed by atoms with E-state index in [4.69, 9.17) is 27.9 Å². The normalized spacial score (nSPS) is 23.7. The molecule has 0 N–H and O–H groups in total. The molecule has 1 heterocycles. The van der Waals surface area contributed by atoms with Gasteiger partial charge in [0, 0.05) is 10.0 Å². The minimum Gasteiger partial charge on any atom is -0.459 e. The number of ketones is 1. The summed E-state index contributed by atoms with van der Waals surface area (Å²) in [6, 6.07) is 39.5. The maximum absolute atomic E-state index is 16.1. The molecule has 0 radical (unpaired) electrons. The fourth-order valence-electron chi connectivity index (χ4n) is 8.71. The van der Waals surface area contributed by atoms with E-state index in [2.05, 4.69) is 0 Å². The molecule has 0 unspecified atom stereocenters. The van der Waals surface area contributed by atoms with Crippen LogP contribution in [0.5, 0.6) is 0 Å². The van der Waals surface area contributed by atoms with Crippen LogP contribution in [-0.4, -0.2) is 29.7 Å². The van der Waals surface area contributed by atoms with Crippen molar-refractivity contribution >= 4 is 63.6 Å². The highest BCUT2D eigenvalue weighted by molar-refractivity contribution is 6.39. The molecule has 3 aliphatic rings. The Morgan fingerprint density at radius 2 is 1.02 bits per heavy atom. The van der Waals surface area contributed by atoms with E-state index in [1.54, 1.807) is 86.6 Å². The summed E-state index contributed by atoms with van der Waals surface area (Å²) in [5.74, 6) is -4.44. The number of hydrogen-bond donors (Lipinski definition) is 0. The molecule has 51 heavy (non-hydrogen) atoms. The van der Waals surface area contributed by atoms with Crippen molar-refractivity contribution in [3.63, 3.8) is 0 Å². The number of halogens is 2. The second-order valence-electron chi connectivity index (χ2n) is 13.4. The van der Waals surface area contributed by atoms with Crippen molar-refractivity contribution in [2.75, 3.05) is 4.90 Å². The average Bonchev–Trinajstić information content (AvgIpc) is 3.64. The van der Waals surface area contributed by atoms with Crippen molar-refractivity contribution < 1.29 is 23.9 Å². The molecule has 2 aliphatic carbocycles. The highest BCUT2D eigenvalue weighted by atomic mass is 35.5. The first kappa shape index (κ1) is 32.9. The number of hydrogen-bond acceptors (Lipinski definition) is 5. The van der Waals surface area contributed by atoms with E-state index in [0.29, 0.717) is 32.3 Å². The van der Waals surface area contributed by atoms with Crippen LogP contribution in [-0.2, 0) is 30.0 Å². The molecule has 2 bridgehead atoms. The summed E-state index contributed by atoms with van der Waals surface area (Å²) in [6.45, 7) is 3.46. The van der Waals surface area contributed by atoms with Crippen molar-refractivity contribution in [2.24, 2.45) is 11.8 Å². The number of anilines is 1. The standard InChI is InChI=1S/C43H31Cl2NO5/c1-25(2)51-40(49)32-15-9-10-16-33(32)46-38(47)36-37(39(46)48)43(29-19-23-31(45)24-20-29)35(27-13-7-4-8-14-27)34(26-11-5-3-6-12-26)42(36,41(43)50)28-17-21-30(44)22-18-28/h3-25,36-37H,1-2H3/t36-,37+,42-,43-/m0/s1. The highest BCUT2D eigenvalue weighted by Crippen LogP contribution is 2.74. The molecule has 0 spiro atoms. The lowest BCUT2D eigenvalue weighted by molar-refractivity contribution is -0.130. The lowest BCUT2D eigenvalue weighted by Crippen LogP contribution is -2.46. The highest BCUT2D eigenvalue weighted by Gasteiger charge is 2.82. The molecule has 0 aromatic heterocycles. The predicted molar refractivity (Wildman–Crippen MR) is 197 cm³/mol. The zero-order valence-corrected chi connectivity index (χ0v) is 29.2. The number of ether oxygens (including phenoxy) is 1. The Morgan fingerprint density at radius 3 is 1.45 bits per heavy atom. The van der Waals surface area contributed by atoms with Crippen LogP contribution in [0.1, 0.15) is 46.5 Å². The van der Waals surface area contributed by atoms with Crippen molar-refractivity contribution in [1.82, 2.24) is 0 Å². The van der Waals surface area contributed by atoms with E-state index in [0.717, 1.165) is 16.0 Å². The minimum atomic E-state index is -1.63. The first-order valence-corrected chi connectivity index (χ1v) is 17.5. The first-order valence-electron chi connectivity index (χ1n) is 16.7. The van der Waals surface area contributed by atoms with Crippen LogP contribution in [0.15, 0.2) is 133 Å². The van der Waals surface area contributed by atoms with E-state index in [1.807, 2.05) is 60.7 Å². The molecule has 252 valence electrons. The largest absolute Gasteiger partial charge is 0.459 e. The second kappa shape index (κ2) is 12.2. The van der Waals surface area contributed by atoms with Gasteiger partial charge in [0.1, 0.15) is 0 Å². The maximum atomic E-state index is 16.1. The van der Waals surface area contributed by atoms with Gasteiger partial charge in [-0.3, -0.25) is 14.4 Å². The number of para-hydroxylation sites is 1. The molecular formula is C43H31Cl2NO5. The topological polar surface area (TPSA) is 80.8 Å². The van der Waals surface area contributed by atoms with E-state index >= 15 is 14.4 Å². The summed E-state index contributed by atoms with van der Waals surface area (Å²) in [5, 5.41) is 0.918. The Morgan fingerprint density at radius 1 is 0.608 bits per heavy atom. The third-order valence-corrected chi connectivity index (χ3v) is 10.9. The molecule has 1 aliphatic heterocycles. The van der Waals surface area contributed by atoms with Gasteiger partial charge in [0.05, 0.1) is 40.0 Å². The molecule has 2 amide bonds. The van der Waals surface area contributed by atoms with Crippen LogP contribution >= 0.6 is 23.2 Å². The lowest BCUT2D eigenvalue weighted by atomic mass is 9.59. The van der Waals surface area contributed by atoms with Gasteiger partial charge in [0.25, 0.3) is 0 Å². The van der Waals surface area contributed by atoms with Gasteiger partial charge in [0.15, 0.2) is 5.78 Å². The smallest absolute Gasteiger partial charge is 0.340 e. The van der Waals surface area contributed by atoms with Gasteiger partial charge in [-0.25, -0.2) is 9.69 Å². The molecule has 5 aromatic carbocycles. The molecular weight excluding hydrogens is 681 g/mol. The Hall–Kier alpha value is -5.30. The second-order valence-corrected chi connectivity index (χ2v) is 14.3. The number of esters is 1. The van der Waals surface area contributed by atoms with E-state index in [-0.39, 0.29) is 17.0 Å². The number of Topliss-reactive ketones (excluding diaryl/α,β-unsaturated/α-hetero) is 1. The van der Waals surface area contributed by atoms with E-state index < -0.39 is 46.6 Å². The van der Waals surface area contributed by atoms with Gasteiger partial charge < -0.3 is 4.74 Å². The molecule has 1 saturated heterocycles. The zero-order valence-electron chi connectivity index (χ0n) is 27.7. The van der Waals surface area contributed by atoms with Crippen molar-refractivity contribution in [2.45, 2.75) is 30.8 Å². The van der Waals surface area contributed by atoms with Gasteiger partial charge in [-0.2, -0.15) is 0 Å². The molecule has 8 heteroatoms. The number of amides is 2. The number of imide groups is 1. The number of benzene rings is 5. The van der Waals surface area contributed by atoms with Crippen LogP contribution in [0.25, 0.3) is 11.1 Å². The van der Waals surface area contributed by atoms with Crippen LogP contribution in [0.3, 0.4) is 0 Å². The Bertz CT molecular complexity index is 2140. The third kappa shape index (κ3) is 4.56. The van der Waals surface area contributed by atoms with Crippen LogP contribution in [0, 0.1) is 11.8 Å². The number of rotatable bonds is 7. The fraction of sp³-hybridized carbons (Fsp3) is 0.163. The fourth-order valence-corrected chi connectivity index (χ4v) is 8.97. The van der Waals surface area contributed by atoms with Gasteiger partial charge in [-0.1, -0.05) is 120 Å². The molecule has 4 atom stereocenters. The molecule has 6 nitrogen and oxygen atoms in total. The van der Waals surface area contributed by atoms with E-state index in [9.17, 15) is 4.79 Å². The minimum absolute atomic E-state index is 0.0761. The van der Waals surface area contributed by atoms with Crippen LogP contribution < -0.4 is 4.90 Å². The van der Waals surface area contributed by atoms with Crippen molar-refractivity contribution in [3.05, 3.63) is 171 Å². The number of allylic oxidation sites excluding steroid dienone is 2. The zero-order chi connectivity index (χ0) is 35.7. The summed E-state index contributed by atoms with van der Waals surface area (Å²) in [5.41, 5.74) is 0.800. The van der Waals surface area contributed by atoms with E-state index in [1.165, 1.54) is 0 Å². The molecule has 5 aromatic rings. The third-order valence-electron chi connectivity index (χ3n) is 10.4. The monoisotopic (exact) mass is 711 g/mol. The van der Waals surface area contributed by atoms with Crippen molar-refractivity contribution in [1.29, 1.82) is 0 Å². The Labute approximate surface area is 305 Å². The van der Waals surface area contributed by atoms with Gasteiger partial charge in [-0.05, 0) is 83.6 Å². The average molecular weight is 713 g/mol. The molecule has 2 fully saturated rings. The number of fused-ring (bicyclic) bond motifs is 5. The summed E-state index contributed by atoms with van der Waals surface area (Å²) in [6.07, 6.45) is -0.434. The van der Waals surface area contributed by atoms with Crippen LogP contribution in [0.2, 0.25) is 10.0 Å². The lowest BCUT2D eigenvalue weighted by Gasteiger charge is -2.39. The summed E-state index contributed by atoms with van der Waals surface area (Å²) >= 11 is 12.9. The van der Waals surface area contributed by atoms with Gasteiger partial charge in [0.2, 0.25) is 11.8 Å². The predicted octanol–water partition coefficient (Wildman–Crippen LogP) is 8.75. The van der Waals surface area contributed by atoms with Gasteiger partial charge in [-0.15, -0.1) is 0 Å². The summed E-state index contributed by atoms with van der Waals surface area (Å²) < 4.78 is 5.55. The maximum Gasteiger partial charge on any atom is 0.340 e. The number of nitrogens with zero attached hydrogens (tertiary/aromatic N) is 1. The number of carbonyl (C=O) groups excluding carboxylic acids is 4. The number of carbonyl (C=O) groups is 4. The van der Waals surface area contributed by atoms with Gasteiger partial charge >= 0.3 is 5.97 Å². The van der Waals surface area contributed by atoms with Crippen LogP contribution in [0.4, 0.5) is 5.69 Å². The Balaban J connectivity index is 1.51. The summed E-state index contributed by atoms with van der Waals surface area (Å²) in [4.78, 5) is 61.3.